The van der Waals surface area contributed by atoms with Crippen LogP contribution in [0.15, 0.2) is 29.2 Å². The smallest absolute Gasteiger partial charge is 0.240 e. The van der Waals surface area contributed by atoms with E-state index in [0.29, 0.717) is 11.4 Å². The Balaban J connectivity index is 3.08. The molecule has 0 saturated heterocycles. The molecule has 1 aromatic rings. The molecule has 0 fully saturated rings. The van der Waals surface area contributed by atoms with E-state index in [4.69, 9.17) is 0 Å². The van der Waals surface area contributed by atoms with E-state index >= 15 is 0 Å². The maximum Gasteiger partial charge on any atom is 0.240 e. The average molecular weight is 242 g/mol. The predicted molar refractivity (Wildman–Crippen MR) is 64.8 cm³/mol. The first-order valence-electron chi connectivity index (χ1n) is 5.28. The number of nitrogens with one attached hydrogen (secondary N) is 2. The first-order valence-corrected chi connectivity index (χ1v) is 6.76. The molecule has 0 amide bonds. The van der Waals surface area contributed by atoms with Crippen molar-refractivity contribution in [3.05, 3.63) is 29.8 Å². The Hall–Kier alpha value is -0.910. The zero-order chi connectivity index (χ0) is 12.2. The molecule has 1 rings (SSSR count). The van der Waals surface area contributed by atoms with Gasteiger partial charge in [0.15, 0.2) is 0 Å². The van der Waals surface area contributed by atoms with Gasteiger partial charge in [-0.1, -0.05) is 19.1 Å². The summed E-state index contributed by atoms with van der Waals surface area (Å²) in [6.45, 7) is 4.14. The highest BCUT2D eigenvalue weighted by atomic mass is 32.2. The van der Waals surface area contributed by atoms with E-state index in [1.54, 1.807) is 25.1 Å². The van der Waals surface area contributed by atoms with Crippen molar-refractivity contribution in [2.75, 3.05) is 13.6 Å². The Morgan fingerprint density at radius 1 is 1.38 bits per heavy atom. The molecule has 0 heterocycles. The Labute approximate surface area is 97.1 Å². The van der Waals surface area contributed by atoms with Crippen molar-refractivity contribution in [2.24, 2.45) is 0 Å². The van der Waals surface area contributed by atoms with Gasteiger partial charge in [-0.15, -0.1) is 0 Å². The Bertz CT molecular complexity index is 443. The molecule has 2 N–H and O–H groups in total. The van der Waals surface area contributed by atoms with Gasteiger partial charge in [0.1, 0.15) is 0 Å². The normalized spacial score (nSPS) is 13.7. The van der Waals surface area contributed by atoms with Crippen molar-refractivity contribution in [1.29, 1.82) is 0 Å². The summed E-state index contributed by atoms with van der Waals surface area (Å²) in [5.74, 6) is 0. The molecule has 4 nitrogen and oxygen atoms in total. The van der Waals surface area contributed by atoms with Crippen molar-refractivity contribution in [1.82, 2.24) is 10.0 Å². The monoisotopic (exact) mass is 242 g/mol. The highest BCUT2D eigenvalue weighted by Crippen LogP contribution is 2.16. The van der Waals surface area contributed by atoms with Gasteiger partial charge < -0.3 is 5.32 Å². The van der Waals surface area contributed by atoms with Gasteiger partial charge in [-0.25, -0.2) is 13.1 Å². The van der Waals surface area contributed by atoms with Crippen LogP contribution in [0.4, 0.5) is 0 Å². The van der Waals surface area contributed by atoms with Crippen LogP contribution in [-0.2, 0) is 10.0 Å². The summed E-state index contributed by atoms with van der Waals surface area (Å²) in [5, 5.41) is 3.08. The molecule has 5 heteroatoms. The number of hydrogen-bond acceptors (Lipinski definition) is 3. The van der Waals surface area contributed by atoms with Crippen molar-refractivity contribution < 1.29 is 8.42 Å². The van der Waals surface area contributed by atoms with Crippen LogP contribution in [0.5, 0.6) is 0 Å². The molecule has 0 radical (unpaired) electrons. The molecule has 90 valence electrons. The number of rotatable bonds is 5. The van der Waals surface area contributed by atoms with E-state index in [1.807, 2.05) is 20.0 Å². The topological polar surface area (TPSA) is 58.2 Å². The highest BCUT2D eigenvalue weighted by molar-refractivity contribution is 7.89. The van der Waals surface area contributed by atoms with E-state index in [1.165, 1.54) is 0 Å². The fourth-order valence-electron chi connectivity index (χ4n) is 1.39. The second-order valence-corrected chi connectivity index (χ2v) is 5.35. The lowest BCUT2D eigenvalue weighted by molar-refractivity contribution is 0.583. The van der Waals surface area contributed by atoms with Crippen molar-refractivity contribution in [2.45, 2.75) is 24.8 Å². The summed E-state index contributed by atoms with van der Waals surface area (Å²) in [7, 11) is -1.51. The SMILES string of the molecule is CCNS(=O)(=O)c1cccc(C(C)NC)c1. The average Bonchev–Trinajstić information content (AvgIpc) is 2.28. The van der Waals surface area contributed by atoms with Gasteiger partial charge in [0.25, 0.3) is 0 Å². The van der Waals surface area contributed by atoms with E-state index in [-0.39, 0.29) is 6.04 Å². The zero-order valence-corrected chi connectivity index (χ0v) is 10.6. The molecule has 0 saturated carbocycles. The highest BCUT2D eigenvalue weighted by Gasteiger charge is 2.13. The molecule has 0 bridgehead atoms. The maximum absolute atomic E-state index is 11.8. The van der Waals surface area contributed by atoms with Gasteiger partial charge in [0.05, 0.1) is 4.90 Å². The summed E-state index contributed by atoms with van der Waals surface area (Å²) in [6, 6.07) is 7.10. The van der Waals surface area contributed by atoms with Crippen LogP contribution in [0.2, 0.25) is 0 Å². The van der Waals surface area contributed by atoms with E-state index in [2.05, 4.69) is 10.0 Å². The first-order chi connectivity index (χ1) is 7.51. The molecule has 16 heavy (non-hydrogen) atoms. The lowest BCUT2D eigenvalue weighted by Crippen LogP contribution is -2.23. The van der Waals surface area contributed by atoms with Crippen molar-refractivity contribution in [3.8, 4) is 0 Å². The van der Waals surface area contributed by atoms with Gasteiger partial charge in [0.2, 0.25) is 10.0 Å². The van der Waals surface area contributed by atoms with Crippen LogP contribution in [0.1, 0.15) is 25.5 Å². The molecule has 0 aliphatic heterocycles. The van der Waals surface area contributed by atoms with Crippen molar-refractivity contribution >= 4 is 10.0 Å². The quantitative estimate of drug-likeness (QED) is 0.817. The summed E-state index contributed by atoms with van der Waals surface area (Å²) in [5.41, 5.74) is 0.960. The summed E-state index contributed by atoms with van der Waals surface area (Å²) in [4.78, 5) is 0.314. The molecule has 1 aromatic carbocycles. The van der Waals surface area contributed by atoms with E-state index < -0.39 is 10.0 Å². The molecule has 0 aliphatic carbocycles. The third kappa shape index (κ3) is 3.04. The van der Waals surface area contributed by atoms with Gasteiger partial charge in [-0.05, 0) is 31.7 Å². The molecule has 0 aliphatic rings. The minimum Gasteiger partial charge on any atom is -0.313 e. The number of benzene rings is 1. The lowest BCUT2D eigenvalue weighted by Gasteiger charge is -2.12. The summed E-state index contributed by atoms with van der Waals surface area (Å²) >= 11 is 0. The second kappa shape index (κ2) is 5.43. The second-order valence-electron chi connectivity index (χ2n) is 3.58. The first kappa shape index (κ1) is 13.2. The van der Waals surface area contributed by atoms with Gasteiger partial charge in [0, 0.05) is 12.6 Å². The molecular formula is C11H18N2O2S. The number of hydrogen-bond donors (Lipinski definition) is 2. The van der Waals surface area contributed by atoms with Crippen LogP contribution >= 0.6 is 0 Å². The fourth-order valence-corrected chi connectivity index (χ4v) is 2.49. The Morgan fingerprint density at radius 3 is 2.62 bits per heavy atom. The van der Waals surface area contributed by atoms with Gasteiger partial charge >= 0.3 is 0 Å². The van der Waals surface area contributed by atoms with Crippen LogP contribution in [0, 0.1) is 0 Å². The minimum atomic E-state index is -3.35. The fraction of sp³-hybridized carbons (Fsp3) is 0.455. The predicted octanol–water partition coefficient (Wildman–Crippen LogP) is 1.27. The lowest BCUT2D eigenvalue weighted by atomic mass is 10.1. The maximum atomic E-state index is 11.8. The number of sulfonamides is 1. The minimum absolute atomic E-state index is 0.136. The standard InChI is InChI=1S/C11H18N2O2S/c1-4-13-16(14,15)11-7-5-6-10(8-11)9(2)12-3/h5-9,12-13H,4H2,1-3H3. The van der Waals surface area contributed by atoms with Crippen LogP contribution < -0.4 is 10.0 Å². The Morgan fingerprint density at radius 2 is 2.06 bits per heavy atom. The largest absolute Gasteiger partial charge is 0.313 e. The molecule has 0 spiro atoms. The molecule has 1 unspecified atom stereocenters. The van der Waals surface area contributed by atoms with Crippen LogP contribution in [0.25, 0.3) is 0 Å². The molecule has 1 atom stereocenters. The summed E-state index contributed by atoms with van der Waals surface area (Å²) < 4.78 is 26.0. The molecule has 0 aromatic heterocycles. The van der Waals surface area contributed by atoms with Gasteiger partial charge in [-0.2, -0.15) is 0 Å². The van der Waals surface area contributed by atoms with Crippen molar-refractivity contribution in [3.63, 3.8) is 0 Å². The van der Waals surface area contributed by atoms with Gasteiger partial charge in [-0.3, -0.25) is 0 Å². The van der Waals surface area contributed by atoms with E-state index in [9.17, 15) is 8.42 Å². The van der Waals surface area contributed by atoms with Crippen LogP contribution in [-0.4, -0.2) is 22.0 Å². The third-order valence-electron chi connectivity index (χ3n) is 2.44. The third-order valence-corrected chi connectivity index (χ3v) is 3.98. The Kier molecular flexibility index (Phi) is 4.46. The molecular weight excluding hydrogens is 224 g/mol. The van der Waals surface area contributed by atoms with Crippen LogP contribution in [0.3, 0.4) is 0 Å². The zero-order valence-electron chi connectivity index (χ0n) is 9.82. The summed E-state index contributed by atoms with van der Waals surface area (Å²) in [6.07, 6.45) is 0. The van der Waals surface area contributed by atoms with E-state index in [0.717, 1.165) is 5.56 Å².